The van der Waals surface area contributed by atoms with E-state index in [1.54, 1.807) is 13.8 Å². The number of aliphatic hydroxyl groups is 1. The van der Waals surface area contributed by atoms with Crippen molar-refractivity contribution in [2.24, 2.45) is 16.6 Å². The molecule has 0 saturated carbocycles. The highest BCUT2D eigenvalue weighted by Gasteiger charge is 2.41. The average molecular weight is 358 g/mol. The Kier molecular flexibility index (Phi) is 8.77. The summed E-state index contributed by atoms with van der Waals surface area (Å²) in [6.07, 6.45) is 2.82. The molecular weight excluding hydrogens is 324 g/mol. The third kappa shape index (κ3) is 7.54. The van der Waals surface area contributed by atoms with Crippen LogP contribution < -0.4 is 11.1 Å². The summed E-state index contributed by atoms with van der Waals surface area (Å²) in [6, 6.07) is 0. The number of hydrogen-bond donors (Lipinski definition) is 3. The predicted octanol–water partition coefficient (Wildman–Crippen LogP) is 1.35. The molecule has 0 aliphatic rings. The van der Waals surface area contributed by atoms with Crippen molar-refractivity contribution >= 4 is 11.9 Å². The molecule has 4 N–H and O–H groups in total. The molecule has 0 fully saturated rings. The molecule has 0 aromatic carbocycles. The van der Waals surface area contributed by atoms with Crippen molar-refractivity contribution in [3.8, 4) is 0 Å². The minimum atomic E-state index is -0.883. The van der Waals surface area contributed by atoms with Gasteiger partial charge in [0, 0.05) is 10.8 Å². The Morgan fingerprint density at radius 2 is 1.72 bits per heavy atom. The number of hydrogen-bond acceptors (Lipinski definition) is 7. The maximum absolute atomic E-state index is 11.9. The quantitative estimate of drug-likeness (QED) is 0.307. The zero-order valence-corrected chi connectivity index (χ0v) is 16.5. The number of ether oxygens (including phenoxy) is 2. The maximum atomic E-state index is 11.9. The second-order valence-corrected chi connectivity index (χ2v) is 7.84. The van der Waals surface area contributed by atoms with E-state index in [0.29, 0.717) is 0 Å². The molecule has 0 saturated heterocycles. The Labute approximate surface area is 150 Å². The van der Waals surface area contributed by atoms with Crippen LogP contribution in [0.15, 0.2) is 12.2 Å². The Morgan fingerprint density at radius 3 is 2.20 bits per heavy atom. The number of aliphatic hydroxyl groups excluding tert-OH is 1. The fourth-order valence-corrected chi connectivity index (χ4v) is 1.91. The van der Waals surface area contributed by atoms with Gasteiger partial charge in [0.2, 0.25) is 0 Å². The van der Waals surface area contributed by atoms with Crippen LogP contribution in [-0.4, -0.2) is 48.6 Å². The summed E-state index contributed by atoms with van der Waals surface area (Å²) in [5.41, 5.74) is 3.29. The van der Waals surface area contributed by atoms with E-state index in [9.17, 15) is 14.7 Å². The van der Waals surface area contributed by atoms with E-state index >= 15 is 0 Å². The first-order valence-electron chi connectivity index (χ1n) is 8.42. The van der Waals surface area contributed by atoms with Gasteiger partial charge in [-0.15, -0.1) is 0 Å². The normalized spacial score (nSPS) is 14.4. The Bertz CT molecular complexity index is 484. The molecule has 0 radical (unpaired) electrons. The molecule has 0 bridgehead atoms. The molecule has 7 nitrogen and oxygen atoms in total. The molecule has 0 heterocycles. The van der Waals surface area contributed by atoms with Crippen molar-refractivity contribution in [2.45, 2.75) is 60.3 Å². The molecule has 0 aliphatic heterocycles. The summed E-state index contributed by atoms with van der Waals surface area (Å²) in [5, 5.41) is 12.9. The van der Waals surface area contributed by atoms with Gasteiger partial charge in [-0.05, 0) is 20.8 Å². The molecule has 0 rings (SSSR count). The predicted molar refractivity (Wildman–Crippen MR) is 96.6 cm³/mol. The highest BCUT2D eigenvalue weighted by Crippen LogP contribution is 2.34. The van der Waals surface area contributed by atoms with Crippen molar-refractivity contribution in [1.29, 1.82) is 0 Å². The van der Waals surface area contributed by atoms with E-state index in [-0.39, 0.29) is 19.7 Å². The first kappa shape index (κ1) is 23.6. The first-order valence-corrected chi connectivity index (χ1v) is 8.42. The van der Waals surface area contributed by atoms with Gasteiger partial charge in [-0.1, -0.05) is 39.8 Å². The molecule has 1 atom stereocenters. The van der Waals surface area contributed by atoms with E-state index in [0.717, 1.165) is 0 Å². The van der Waals surface area contributed by atoms with Gasteiger partial charge in [0.1, 0.15) is 18.4 Å². The van der Waals surface area contributed by atoms with Crippen molar-refractivity contribution < 1.29 is 24.2 Å². The van der Waals surface area contributed by atoms with Gasteiger partial charge in [-0.25, -0.2) is 0 Å². The second-order valence-electron chi connectivity index (χ2n) is 7.84. The molecule has 25 heavy (non-hydrogen) atoms. The fourth-order valence-electron chi connectivity index (χ4n) is 1.91. The largest absolute Gasteiger partial charge is 0.464 e. The summed E-state index contributed by atoms with van der Waals surface area (Å²) < 4.78 is 10.6. The standard InChI is InChI=1S/C18H34N2O5/c1-8-9-16(2,3)15(23)20-11-14(22)24-12-17(4,5)18(6,7)25-13(21)10-19/h8-9,15,20,23H,10-12,19H2,1-7H3. The molecule has 7 heteroatoms. The summed E-state index contributed by atoms with van der Waals surface area (Å²) in [7, 11) is 0. The average Bonchev–Trinajstić information content (AvgIpc) is 2.49. The molecule has 146 valence electrons. The summed E-state index contributed by atoms with van der Waals surface area (Å²) >= 11 is 0. The number of carbonyl (C=O) groups excluding carboxylic acids is 2. The van der Waals surface area contributed by atoms with Gasteiger partial charge >= 0.3 is 11.9 Å². The van der Waals surface area contributed by atoms with Crippen LogP contribution in [0.2, 0.25) is 0 Å². The van der Waals surface area contributed by atoms with Crippen LogP contribution in [0.25, 0.3) is 0 Å². The number of carbonyl (C=O) groups is 2. The van der Waals surface area contributed by atoms with Crippen molar-refractivity contribution in [2.75, 3.05) is 19.7 Å². The Balaban J connectivity index is 4.56. The minimum absolute atomic E-state index is 0.0622. The summed E-state index contributed by atoms with van der Waals surface area (Å²) in [5.74, 6) is -1.01. The van der Waals surface area contributed by atoms with Crippen molar-refractivity contribution in [3.05, 3.63) is 12.2 Å². The third-order valence-corrected chi connectivity index (χ3v) is 4.50. The Hall–Kier alpha value is -1.44. The van der Waals surface area contributed by atoms with Gasteiger partial charge in [0.15, 0.2) is 0 Å². The van der Waals surface area contributed by atoms with Crippen LogP contribution in [0.3, 0.4) is 0 Å². The number of nitrogens with one attached hydrogen (secondary N) is 1. The van der Waals surface area contributed by atoms with Gasteiger partial charge in [0.05, 0.1) is 13.1 Å². The van der Waals surface area contributed by atoms with E-state index in [1.165, 1.54) is 0 Å². The van der Waals surface area contributed by atoms with E-state index in [2.05, 4.69) is 5.32 Å². The topological polar surface area (TPSA) is 111 Å². The van der Waals surface area contributed by atoms with Crippen molar-refractivity contribution in [3.63, 3.8) is 0 Å². The lowest BCUT2D eigenvalue weighted by molar-refractivity contribution is -0.174. The van der Waals surface area contributed by atoms with Crippen LogP contribution in [0, 0.1) is 10.8 Å². The number of allylic oxidation sites excluding steroid dienone is 1. The van der Waals surface area contributed by atoms with E-state index in [1.807, 2.05) is 46.8 Å². The van der Waals surface area contributed by atoms with Gasteiger partial charge in [-0.2, -0.15) is 0 Å². The molecular formula is C18H34N2O5. The number of rotatable bonds is 10. The Morgan fingerprint density at radius 1 is 1.16 bits per heavy atom. The van der Waals surface area contributed by atoms with E-state index < -0.39 is 34.6 Å². The lowest BCUT2D eigenvalue weighted by Crippen LogP contribution is -2.48. The molecule has 0 spiro atoms. The van der Waals surface area contributed by atoms with Crippen LogP contribution in [-0.2, 0) is 19.1 Å². The zero-order valence-electron chi connectivity index (χ0n) is 16.5. The SMILES string of the molecule is CC=CC(C)(C)C(O)NCC(=O)OCC(C)(C)C(C)(C)OC(=O)CN. The fraction of sp³-hybridized carbons (Fsp3) is 0.778. The minimum Gasteiger partial charge on any atom is -0.464 e. The summed E-state index contributed by atoms with van der Waals surface area (Å²) in [4.78, 5) is 23.4. The molecule has 0 amide bonds. The highest BCUT2D eigenvalue weighted by atomic mass is 16.6. The van der Waals surface area contributed by atoms with Gasteiger partial charge in [-0.3, -0.25) is 14.9 Å². The van der Waals surface area contributed by atoms with Crippen LogP contribution in [0.1, 0.15) is 48.5 Å². The molecule has 0 aromatic rings. The lowest BCUT2D eigenvalue weighted by atomic mass is 9.77. The van der Waals surface area contributed by atoms with Crippen molar-refractivity contribution in [1.82, 2.24) is 5.32 Å². The van der Waals surface area contributed by atoms with Gasteiger partial charge < -0.3 is 20.3 Å². The van der Waals surface area contributed by atoms with Crippen LogP contribution in [0.5, 0.6) is 0 Å². The monoisotopic (exact) mass is 358 g/mol. The lowest BCUT2D eigenvalue weighted by Gasteiger charge is -2.40. The molecule has 0 aromatic heterocycles. The maximum Gasteiger partial charge on any atom is 0.320 e. The van der Waals surface area contributed by atoms with Crippen LogP contribution in [0.4, 0.5) is 0 Å². The smallest absolute Gasteiger partial charge is 0.320 e. The highest BCUT2D eigenvalue weighted by molar-refractivity contribution is 5.72. The van der Waals surface area contributed by atoms with Gasteiger partial charge in [0.25, 0.3) is 0 Å². The first-order chi connectivity index (χ1) is 11.3. The number of nitrogens with two attached hydrogens (primary N) is 1. The molecule has 1 unspecified atom stereocenters. The zero-order chi connectivity index (χ0) is 19.9. The summed E-state index contributed by atoms with van der Waals surface area (Å²) in [6.45, 7) is 12.5. The van der Waals surface area contributed by atoms with Crippen LogP contribution >= 0.6 is 0 Å². The number of esters is 2. The molecule has 0 aliphatic carbocycles. The van der Waals surface area contributed by atoms with E-state index in [4.69, 9.17) is 15.2 Å². The third-order valence-electron chi connectivity index (χ3n) is 4.50. The second kappa shape index (κ2) is 9.31.